The predicted molar refractivity (Wildman–Crippen MR) is 89.2 cm³/mol. The lowest BCUT2D eigenvalue weighted by atomic mass is 9.55. The van der Waals surface area contributed by atoms with Gasteiger partial charge in [-0.25, -0.2) is 0 Å². The molecular weight excluding hydrogens is 272 g/mol. The third-order valence-electron chi connectivity index (χ3n) is 6.70. The number of aryl methyl sites for hydroxylation is 1. The maximum Gasteiger partial charge on any atom is 0.115 e. The highest BCUT2D eigenvalue weighted by molar-refractivity contribution is 5.92. The third kappa shape index (κ3) is 1.90. The largest absolute Gasteiger partial charge is 0.508 e. The van der Waals surface area contributed by atoms with Gasteiger partial charge in [0.2, 0.25) is 0 Å². The van der Waals surface area contributed by atoms with Crippen LogP contribution in [0.25, 0.3) is 0 Å². The molecule has 0 saturated heterocycles. The summed E-state index contributed by atoms with van der Waals surface area (Å²) in [6.07, 6.45) is 7.36. The second-order valence-corrected chi connectivity index (χ2v) is 7.58. The predicted octanol–water partition coefficient (Wildman–Crippen LogP) is 3.82. The third-order valence-corrected chi connectivity index (χ3v) is 6.70. The van der Waals surface area contributed by atoms with E-state index in [1.807, 2.05) is 19.2 Å². The van der Waals surface area contributed by atoms with Crippen molar-refractivity contribution >= 4 is 5.71 Å². The average Bonchev–Trinajstić information content (AvgIpc) is 2.84. The van der Waals surface area contributed by atoms with Gasteiger partial charge in [-0.15, -0.1) is 0 Å². The molecule has 3 nitrogen and oxygen atoms in total. The molecule has 0 amide bonds. The SMILES string of the molecule is CN/N=C1/CC[C@H]2[C@H]3CCc4cc(O)ccc4[C@@H]3CC[C@@]12C. The van der Waals surface area contributed by atoms with Crippen LogP contribution in [0, 0.1) is 17.3 Å². The van der Waals surface area contributed by atoms with Gasteiger partial charge in [0, 0.05) is 18.2 Å². The quantitative estimate of drug-likeness (QED) is 0.774. The fourth-order valence-electron chi connectivity index (χ4n) is 5.68. The van der Waals surface area contributed by atoms with Crippen LogP contribution in [0.5, 0.6) is 5.75 Å². The lowest BCUT2D eigenvalue weighted by molar-refractivity contribution is 0.0954. The van der Waals surface area contributed by atoms with E-state index in [0.29, 0.717) is 17.1 Å². The molecule has 0 bridgehead atoms. The Kier molecular flexibility index (Phi) is 3.21. The molecule has 0 aliphatic heterocycles. The Morgan fingerprint density at radius 1 is 1.23 bits per heavy atom. The van der Waals surface area contributed by atoms with E-state index >= 15 is 0 Å². The van der Waals surface area contributed by atoms with Gasteiger partial charge in [0.1, 0.15) is 5.75 Å². The molecule has 3 aliphatic carbocycles. The number of nitrogens with one attached hydrogen (secondary N) is 1. The van der Waals surface area contributed by atoms with Gasteiger partial charge in [0.15, 0.2) is 0 Å². The van der Waals surface area contributed by atoms with Crippen molar-refractivity contribution in [3.05, 3.63) is 29.3 Å². The van der Waals surface area contributed by atoms with Gasteiger partial charge >= 0.3 is 0 Å². The number of hydrazone groups is 1. The standard InChI is InChI=1S/C19H26N2O/c1-19-10-9-15-14-6-4-13(22)11-12(14)3-5-16(15)17(19)7-8-18(19)21-20-2/h4,6,11,15-17,20,22H,3,5,7-10H2,1-2H3/b21-18-/t15-,16-,17-,19+/m0/s1. The number of benzene rings is 1. The molecule has 0 heterocycles. The molecule has 3 heteroatoms. The molecule has 1 aromatic rings. The van der Waals surface area contributed by atoms with Gasteiger partial charge in [0.25, 0.3) is 0 Å². The fraction of sp³-hybridized carbons (Fsp3) is 0.632. The Morgan fingerprint density at radius 3 is 2.91 bits per heavy atom. The summed E-state index contributed by atoms with van der Waals surface area (Å²) < 4.78 is 0. The van der Waals surface area contributed by atoms with E-state index in [1.54, 1.807) is 0 Å². The van der Waals surface area contributed by atoms with E-state index in [-0.39, 0.29) is 0 Å². The summed E-state index contributed by atoms with van der Waals surface area (Å²) in [5.41, 5.74) is 7.62. The van der Waals surface area contributed by atoms with Crippen LogP contribution in [-0.2, 0) is 6.42 Å². The first-order chi connectivity index (χ1) is 10.6. The molecule has 4 rings (SSSR count). The van der Waals surface area contributed by atoms with Crippen LogP contribution in [0.4, 0.5) is 0 Å². The van der Waals surface area contributed by atoms with Crippen LogP contribution in [0.15, 0.2) is 23.3 Å². The molecule has 3 aliphatic rings. The van der Waals surface area contributed by atoms with Crippen LogP contribution in [0.3, 0.4) is 0 Å². The zero-order valence-electron chi connectivity index (χ0n) is 13.6. The lowest BCUT2D eigenvalue weighted by Gasteiger charge is -2.49. The number of nitrogens with zero attached hydrogens (tertiary/aromatic N) is 1. The van der Waals surface area contributed by atoms with E-state index in [9.17, 15) is 5.11 Å². The summed E-state index contributed by atoms with van der Waals surface area (Å²) >= 11 is 0. The first-order valence-electron chi connectivity index (χ1n) is 8.69. The molecule has 2 fully saturated rings. The highest BCUT2D eigenvalue weighted by atomic mass is 16.3. The number of phenolic OH excluding ortho intramolecular Hbond substituents is 1. The van der Waals surface area contributed by atoms with Crippen LogP contribution in [-0.4, -0.2) is 17.9 Å². The van der Waals surface area contributed by atoms with Crippen molar-refractivity contribution in [3.8, 4) is 5.75 Å². The Morgan fingerprint density at radius 2 is 2.09 bits per heavy atom. The summed E-state index contributed by atoms with van der Waals surface area (Å²) in [6.45, 7) is 2.45. The van der Waals surface area contributed by atoms with E-state index in [0.717, 1.165) is 24.7 Å². The van der Waals surface area contributed by atoms with Crippen molar-refractivity contribution in [1.82, 2.24) is 5.43 Å². The van der Waals surface area contributed by atoms with Crippen LogP contribution in [0.2, 0.25) is 0 Å². The van der Waals surface area contributed by atoms with Gasteiger partial charge in [-0.05, 0) is 79.5 Å². The topological polar surface area (TPSA) is 44.6 Å². The summed E-state index contributed by atoms with van der Waals surface area (Å²) in [5, 5.41) is 14.4. The van der Waals surface area contributed by atoms with Crippen molar-refractivity contribution in [2.75, 3.05) is 7.05 Å². The smallest absolute Gasteiger partial charge is 0.115 e. The zero-order valence-corrected chi connectivity index (χ0v) is 13.6. The van der Waals surface area contributed by atoms with Gasteiger partial charge < -0.3 is 10.5 Å². The molecule has 0 spiro atoms. The Balaban J connectivity index is 1.69. The number of hydrogen-bond donors (Lipinski definition) is 2. The van der Waals surface area contributed by atoms with Gasteiger partial charge in [0.05, 0.1) is 0 Å². The molecule has 2 saturated carbocycles. The van der Waals surface area contributed by atoms with Crippen molar-refractivity contribution in [3.63, 3.8) is 0 Å². The van der Waals surface area contributed by atoms with Gasteiger partial charge in [-0.3, -0.25) is 0 Å². The highest BCUT2D eigenvalue weighted by Crippen LogP contribution is 2.59. The first-order valence-corrected chi connectivity index (χ1v) is 8.69. The highest BCUT2D eigenvalue weighted by Gasteiger charge is 2.53. The second kappa shape index (κ2) is 5.00. The second-order valence-electron chi connectivity index (χ2n) is 7.58. The Bertz CT molecular complexity index is 624. The van der Waals surface area contributed by atoms with Crippen molar-refractivity contribution < 1.29 is 5.11 Å². The summed E-state index contributed by atoms with van der Waals surface area (Å²) in [6, 6.07) is 6.04. The molecular formula is C19H26N2O. The minimum atomic E-state index is 0.304. The molecule has 2 N–H and O–H groups in total. The molecule has 4 atom stereocenters. The average molecular weight is 298 g/mol. The molecule has 118 valence electrons. The summed E-state index contributed by atoms with van der Waals surface area (Å²) in [4.78, 5) is 0. The first kappa shape index (κ1) is 14.1. The van der Waals surface area contributed by atoms with Crippen molar-refractivity contribution in [2.45, 2.75) is 51.4 Å². The van der Waals surface area contributed by atoms with E-state index in [1.165, 1.54) is 42.5 Å². The molecule has 0 unspecified atom stereocenters. The fourth-order valence-corrected chi connectivity index (χ4v) is 5.68. The van der Waals surface area contributed by atoms with Gasteiger partial charge in [-0.1, -0.05) is 13.0 Å². The monoisotopic (exact) mass is 298 g/mol. The van der Waals surface area contributed by atoms with Crippen LogP contribution < -0.4 is 5.43 Å². The number of aromatic hydroxyl groups is 1. The molecule has 22 heavy (non-hydrogen) atoms. The van der Waals surface area contributed by atoms with Crippen LogP contribution in [0.1, 0.15) is 56.1 Å². The van der Waals surface area contributed by atoms with E-state index in [4.69, 9.17) is 0 Å². The number of fused-ring (bicyclic) bond motifs is 5. The molecule has 0 radical (unpaired) electrons. The number of rotatable bonds is 1. The lowest BCUT2D eigenvalue weighted by Crippen LogP contribution is -2.42. The van der Waals surface area contributed by atoms with Crippen molar-refractivity contribution in [1.29, 1.82) is 0 Å². The normalized spacial score (nSPS) is 38.3. The van der Waals surface area contributed by atoms with E-state index < -0.39 is 0 Å². The maximum atomic E-state index is 9.75. The Hall–Kier alpha value is -1.51. The molecule has 0 aromatic heterocycles. The molecule has 1 aromatic carbocycles. The van der Waals surface area contributed by atoms with Crippen molar-refractivity contribution in [2.24, 2.45) is 22.4 Å². The maximum absolute atomic E-state index is 9.75. The number of phenols is 1. The minimum Gasteiger partial charge on any atom is -0.508 e. The van der Waals surface area contributed by atoms with Crippen LogP contribution >= 0.6 is 0 Å². The van der Waals surface area contributed by atoms with Gasteiger partial charge in [-0.2, -0.15) is 5.10 Å². The summed E-state index contributed by atoms with van der Waals surface area (Å²) in [7, 11) is 1.92. The van der Waals surface area contributed by atoms with E-state index in [2.05, 4.69) is 23.5 Å². The number of hydrogen-bond acceptors (Lipinski definition) is 3. The Labute approximate surface area is 132 Å². The zero-order chi connectivity index (χ0) is 15.3. The summed E-state index contributed by atoms with van der Waals surface area (Å²) in [5.74, 6) is 2.68. The minimum absolute atomic E-state index is 0.304.